The molecule has 1 radical (unpaired) electrons. The molecule has 1 fully saturated rings. The first-order chi connectivity index (χ1) is 18.1. The monoisotopic (exact) mass is 534 g/mol. The van der Waals surface area contributed by atoms with Crippen LogP contribution in [0.5, 0.6) is 0 Å². The average molecular weight is 535 g/mol. The summed E-state index contributed by atoms with van der Waals surface area (Å²) in [5.74, 6) is -0.645. The first-order valence-electron chi connectivity index (χ1n) is 13.2. The highest BCUT2D eigenvalue weighted by molar-refractivity contribution is 6.07. The van der Waals surface area contributed by atoms with Crippen molar-refractivity contribution in [2.24, 2.45) is 0 Å². The molecule has 0 aromatic heterocycles. The third-order valence-electron chi connectivity index (χ3n) is 7.82. The number of nitrogens with zero attached hydrogens (tertiary/aromatic N) is 3. The van der Waals surface area contributed by atoms with Gasteiger partial charge in [0.05, 0.1) is 11.3 Å². The predicted octanol–water partition coefficient (Wildman–Crippen LogP) is 5.19. The maximum atomic E-state index is 13.0. The van der Waals surface area contributed by atoms with Crippen LogP contribution in [0.1, 0.15) is 66.4 Å². The van der Waals surface area contributed by atoms with Gasteiger partial charge in [0.2, 0.25) is 0 Å². The molecule has 2 aliphatic heterocycles. The second-order valence-electron chi connectivity index (χ2n) is 12.2. The van der Waals surface area contributed by atoms with Gasteiger partial charge in [0, 0.05) is 65.0 Å². The zero-order valence-corrected chi connectivity index (χ0v) is 23.4. The van der Waals surface area contributed by atoms with E-state index in [1.165, 1.54) is 18.2 Å². The molecule has 39 heavy (non-hydrogen) atoms. The molecule has 1 aromatic rings. The van der Waals surface area contributed by atoms with E-state index < -0.39 is 21.4 Å². The van der Waals surface area contributed by atoms with Crippen molar-refractivity contribution < 1.29 is 24.5 Å². The number of hydrogen-bond acceptors (Lipinski definition) is 7. The standard InChI is InChI=1S/C30H36N3O6/c1-28(2)18-22(19-29(3,4)33(28)38)39-27(35)15-16-31-24-10-8-7-9-23(24)30(5,6)26(31)14-11-20-17-21(32(36)37)12-13-25(20)34/h7-14,17,22H,15-16,18-19H2,1-6H3/b20-11+,26-14-. The zero-order valence-electron chi connectivity index (χ0n) is 23.4. The lowest BCUT2D eigenvalue weighted by atomic mass is 9.80. The Labute approximate surface area is 229 Å². The van der Waals surface area contributed by atoms with Crippen LogP contribution in [0.2, 0.25) is 0 Å². The number of anilines is 1. The molecular formula is C30H36N3O6. The highest BCUT2D eigenvalue weighted by Crippen LogP contribution is 2.47. The number of rotatable bonds is 6. The number of piperidine rings is 1. The normalized spacial score (nSPS) is 24.1. The number of hydrogen-bond donors (Lipinski definition) is 0. The molecule has 1 aliphatic carbocycles. The molecule has 4 rings (SSSR count). The third-order valence-corrected chi connectivity index (χ3v) is 7.82. The zero-order chi connectivity index (χ0) is 28.8. The van der Waals surface area contributed by atoms with Crippen LogP contribution in [0.15, 0.2) is 71.6 Å². The molecule has 0 bridgehead atoms. The maximum Gasteiger partial charge on any atom is 0.307 e. The summed E-state index contributed by atoms with van der Waals surface area (Å²) in [5.41, 5.74) is 1.26. The van der Waals surface area contributed by atoms with E-state index in [4.69, 9.17) is 4.74 Å². The molecule has 3 aliphatic rings. The van der Waals surface area contributed by atoms with Crippen molar-refractivity contribution in [3.63, 3.8) is 0 Å². The van der Waals surface area contributed by atoms with Crippen LogP contribution in [0.25, 0.3) is 0 Å². The van der Waals surface area contributed by atoms with Crippen molar-refractivity contribution in [1.82, 2.24) is 5.06 Å². The molecular weight excluding hydrogens is 498 g/mol. The van der Waals surface area contributed by atoms with E-state index in [1.54, 1.807) is 12.2 Å². The molecule has 0 saturated carbocycles. The lowest BCUT2D eigenvalue weighted by Gasteiger charge is -2.49. The highest BCUT2D eigenvalue weighted by atomic mass is 16.6. The van der Waals surface area contributed by atoms with E-state index in [-0.39, 0.29) is 35.5 Å². The van der Waals surface area contributed by atoms with Crippen LogP contribution in [0.4, 0.5) is 5.69 Å². The van der Waals surface area contributed by atoms with E-state index in [9.17, 15) is 24.9 Å². The predicted molar refractivity (Wildman–Crippen MR) is 147 cm³/mol. The van der Waals surface area contributed by atoms with E-state index >= 15 is 0 Å². The highest BCUT2D eigenvalue weighted by Gasteiger charge is 2.47. The van der Waals surface area contributed by atoms with Gasteiger partial charge < -0.3 is 9.64 Å². The summed E-state index contributed by atoms with van der Waals surface area (Å²) in [7, 11) is 0. The minimum atomic E-state index is -0.636. The number of carbonyl (C=O) groups is 2. The van der Waals surface area contributed by atoms with Gasteiger partial charge in [-0.3, -0.25) is 19.7 Å². The molecule has 2 heterocycles. The fraction of sp³-hybridized carbons (Fsp3) is 0.467. The van der Waals surface area contributed by atoms with E-state index in [0.29, 0.717) is 19.4 Å². The number of allylic oxidation sites excluding steroid dienone is 7. The summed E-state index contributed by atoms with van der Waals surface area (Å²) in [6.45, 7) is 12.0. The van der Waals surface area contributed by atoms with Crippen molar-refractivity contribution >= 4 is 17.4 Å². The minimum absolute atomic E-state index is 0.129. The Hall–Kier alpha value is -3.56. The van der Waals surface area contributed by atoms with Crippen molar-refractivity contribution in [2.45, 2.75) is 83.4 Å². The summed E-state index contributed by atoms with van der Waals surface area (Å²) < 4.78 is 5.86. The number of nitro groups is 1. The van der Waals surface area contributed by atoms with Gasteiger partial charge in [-0.2, -0.15) is 0 Å². The van der Waals surface area contributed by atoms with E-state index in [2.05, 4.69) is 13.8 Å². The second kappa shape index (κ2) is 10.2. The third kappa shape index (κ3) is 5.60. The lowest BCUT2D eigenvalue weighted by molar-refractivity contribution is -0.419. The van der Waals surface area contributed by atoms with Gasteiger partial charge in [-0.15, -0.1) is 10.3 Å². The first kappa shape index (κ1) is 28.4. The van der Waals surface area contributed by atoms with Gasteiger partial charge in [-0.1, -0.05) is 32.0 Å². The number of esters is 1. The number of hydroxylamine groups is 2. The van der Waals surface area contributed by atoms with Crippen molar-refractivity contribution in [3.05, 3.63) is 87.3 Å². The first-order valence-corrected chi connectivity index (χ1v) is 13.2. The maximum absolute atomic E-state index is 13.0. The Morgan fingerprint density at radius 2 is 1.72 bits per heavy atom. The smallest absolute Gasteiger partial charge is 0.307 e. The fourth-order valence-corrected chi connectivity index (χ4v) is 6.03. The molecule has 1 saturated heterocycles. The molecule has 207 valence electrons. The van der Waals surface area contributed by atoms with Gasteiger partial charge in [0.15, 0.2) is 5.78 Å². The number of para-hydroxylation sites is 1. The van der Waals surface area contributed by atoms with Gasteiger partial charge >= 0.3 is 5.97 Å². The molecule has 0 amide bonds. The van der Waals surface area contributed by atoms with Gasteiger partial charge in [-0.25, -0.2) is 0 Å². The molecule has 0 atom stereocenters. The Bertz CT molecular complexity index is 1300. The lowest BCUT2D eigenvalue weighted by Crippen LogP contribution is -2.60. The van der Waals surface area contributed by atoms with Gasteiger partial charge in [0.25, 0.3) is 5.70 Å². The van der Waals surface area contributed by atoms with Crippen LogP contribution >= 0.6 is 0 Å². The van der Waals surface area contributed by atoms with Gasteiger partial charge in [-0.05, 0) is 57.6 Å². The Balaban J connectivity index is 1.56. The summed E-state index contributed by atoms with van der Waals surface area (Å²) >= 11 is 0. The van der Waals surface area contributed by atoms with E-state index in [0.717, 1.165) is 22.0 Å². The minimum Gasteiger partial charge on any atom is -0.462 e. The second-order valence-corrected chi connectivity index (χ2v) is 12.2. The molecule has 0 spiro atoms. The SMILES string of the molecule is CC1(C)/C(=C/C=C2\C=C([N+](=O)[O-])C=CC2=O)N(CCC(=O)OC2CC(C)(C)N([O])C(C)(C)C2)c2ccccc21. The van der Waals surface area contributed by atoms with Crippen LogP contribution < -0.4 is 4.90 Å². The van der Waals surface area contributed by atoms with Crippen LogP contribution in [0.3, 0.4) is 0 Å². The quantitative estimate of drug-likeness (QED) is 0.213. The Morgan fingerprint density at radius 3 is 2.36 bits per heavy atom. The van der Waals surface area contributed by atoms with Crippen LogP contribution in [-0.2, 0) is 24.9 Å². The fourth-order valence-electron chi connectivity index (χ4n) is 6.03. The average Bonchev–Trinajstić information content (AvgIpc) is 3.06. The van der Waals surface area contributed by atoms with Crippen LogP contribution in [0, 0.1) is 10.1 Å². The number of fused-ring (bicyclic) bond motifs is 1. The van der Waals surface area contributed by atoms with Crippen molar-refractivity contribution in [1.29, 1.82) is 0 Å². The van der Waals surface area contributed by atoms with Crippen molar-refractivity contribution in [2.75, 3.05) is 11.4 Å². The number of carbonyl (C=O) groups excluding carboxylic acids is 2. The largest absolute Gasteiger partial charge is 0.462 e. The molecule has 0 unspecified atom stereocenters. The Kier molecular flexibility index (Phi) is 7.44. The molecule has 1 aromatic carbocycles. The topological polar surface area (TPSA) is 113 Å². The van der Waals surface area contributed by atoms with Crippen LogP contribution in [-0.4, -0.2) is 45.5 Å². The molecule has 0 N–H and O–H groups in total. The van der Waals surface area contributed by atoms with Crippen molar-refractivity contribution in [3.8, 4) is 0 Å². The summed E-state index contributed by atoms with van der Waals surface area (Å²) in [4.78, 5) is 38.1. The van der Waals surface area contributed by atoms with E-state index in [1.807, 2.05) is 56.9 Å². The summed E-state index contributed by atoms with van der Waals surface area (Å²) in [6.07, 6.45) is 7.79. The molecule has 9 nitrogen and oxygen atoms in total. The summed E-state index contributed by atoms with van der Waals surface area (Å²) in [5, 5.41) is 25.0. The number of ether oxygens (including phenoxy) is 1. The Morgan fingerprint density at radius 1 is 1.08 bits per heavy atom. The molecule has 9 heteroatoms. The number of ketones is 1. The number of benzene rings is 1. The summed E-state index contributed by atoms with van der Waals surface area (Å²) in [6, 6.07) is 7.92. The van der Waals surface area contributed by atoms with Gasteiger partial charge in [0.1, 0.15) is 6.10 Å².